The zero-order valence-electron chi connectivity index (χ0n) is 21.1. The Kier molecular flexibility index (Phi) is 9.58. The normalized spacial score (nSPS) is 21.0. The molecule has 1 fully saturated rings. The van der Waals surface area contributed by atoms with E-state index in [4.69, 9.17) is 38.0 Å². The van der Waals surface area contributed by atoms with E-state index in [9.17, 15) is 18.4 Å². The Labute approximate surface area is 238 Å². The molecule has 0 bridgehead atoms. The molecule has 1 saturated heterocycles. The number of carboxylic acids is 1. The topological polar surface area (TPSA) is 104 Å². The van der Waals surface area contributed by atoms with E-state index in [2.05, 4.69) is 10.3 Å². The molecule has 2 aliphatic rings. The van der Waals surface area contributed by atoms with Crippen LogP contribution >= 0.6 is 34.5 Å². The molecule has 1 aromatic heterocycles. The molecule has 39 heavy (non-hydrogen) atoms. The number of unbranched alkanes of at least 4 members (excludes halogenated alkanes) is 1. The number of hydrogen-bond acceptors (Lipinski definition) is 8. The van der Waals surface area contributed by atoms with Crippen molar-refractivity contribution in [3.8, 4) is 0 Å². The predicted octanol–water partition coefficient (Wildman–Crippen LogP) is 5.71. The molecule has 2 aliphatic heterocycles. The first-order valence-corrected chi connectivity index (χ1v) is 14.1. The highest BCUT2D eigenvalue weighted by Crippen LogP contribution is 2.39. The first kappa shape index (κ1) is 29.4. The number of carbonyl (C=O) groups is 2. The van der Waals surface area contributed by atoms with E-state index in [0.717, 1.165) is 0 Å². The minimum absolute atomic E-state index is 0.000557. The molecule has 210 valence electrons. The number of amidine groups is 1. The third kappa shape index (κ3) is 7.33. The van der Waals surface area contributed by atoms with E-state index in [0.29, 0.717) is 51.4 Å². The number of ether oxygens (including phenoxy) is 1. The number of thiazole rings is 1. The maximum Gasteiger partial charge on any atom is 0.338 e. The highest BCUT2D eigenvalue weighted by atomic mass is 35.5. The van der Waals surface area contributed by atoms with Crippen LogP contribution in [-0.4, -0.2) is 64.4 Å². The number of nitrogens with one attached hydrogen (secondary N) is 1. The first-order chi connectivity index (χ1) is 18.6. The van der Waals surface area contributed by atoms with Gasteiger partial charge in [-0.3, -0.25) is 14.7 Å². The third-order valence-corrected chi connectivity index (χ3v) is 7.88. The molecular weight excluding hydrogens is 573 g/mol. The monoisotopic (exact) mass is 600 g/mol. The van der Waals surface area contributed by atoms with Crippen LogP contribution < -0.4 is 5.32 Å². The van der Waals surface area contributed by atoms with Gasteiger partial charge >= 0.3 is 11.9 Å². The molecule has 8 nitrogen and oxygen atoms in total. The second kappa shape index (κ2) is 12.7. The Bertz CT molecular complexity index is 1270. The SMILES string of the molecule is CCOC(=O)C1=C(CN2CC(F)(F)C[C@H]2CCCCC(=O)O)NC(c2nccs2)=N[C@H]1c1ccc(Cl)cc1Cl. The fourth-order valence-electron chi connectivity index (χ4n) is 4.86. The Hall–Kier alpha value is -2.60. The van der Waals surface area contributed by atoms with Crippen LogP contribution in [0.3, 0.4) is 0 Å². The van der Waals surface area contributed by atoms with Crippen LogP contribution in [0, 0.1) is 0 Å². The third-order valence-electron chi connectivity index (χ3n) is 6.54. The van der Waals surface area contributed by atoms with E-state index in [-0.39, 0.29) is 31.6 Å². The molecule has 0 radical (unpaired) electrons. The largest absolute Gasteiger partial charge is 0.481 e. The number of benzene rings is 1. The predicted molar refractivity (Wildman–Crippen MR) is 146 cm³/mol. The average Bonchev–Trinajstić information content (AvgIpc) is 3.49. The Morgan fingerprint density at radius 3 is 2.77 bits per heavy atom. The van der Waals surface area contributed by atoms with E-state index < -0.39 is 36.5 Å². The molecule has 4 rings (SSSR count). The molecule has 13 heteroatoms. The van der Waals surface area contributed by atoms with Crippen LogP contribution in [0.15, 0.2) is 46.0 Å². The lowest BCUT2D eigenvalue weighted by atomic mass is 9.95. The Morgan fingerprint density at radius 1 is 1.31 bits per heavy atom. The van der Waals surface area contributed by atoms with Crippen molar-refractivity contribution >= 4 is 52.3 Å². The van der Waals surface area contributed by atoms with Crippen molar-refractivity contribution in [2.45, 2.75) is 57.0 Å². The molecule has 0 unspecified atom stereocenters. The standard InChI is InChI=1S/C26H28Cl2F2N4O4S/c1-2-38-25(37)21-19(13-34-14-26(29,30)12-16(34)5-3-4-6-20(35)36)32-23(24-31-9-10-39-24)33-22(21)17-8-7-15(27)11-18(17)28/h7-11,16,22H,2-6,12-14H2,1H3,(H,32,33)(H,35,36)/t16-,22+/m1/s1. The number of nitrogens with zero attached hydrogens (tertiary/aromatic N) is 3. The van der Waals surface area contributed by atoms with Crippen LogP contribution in [-0.2, 0) is 14.3 Å². The summed E-state index contributed by atoms with van der Waals surface area (Å²) < 4.78 is 34.6. The zero-order chi connectivity index (χ0) is 28.2. The van der Waals surface area contributed by atoms with Crippen molar-refractivity contribution in [2.75, 3.05) is 19.7 Å². The van der Waals surface area contributed by atoms with Gasteiger partial charge in [-0.2, -0.15) is 0 Å². The van der Waals surface area contributed by atoms with Crippen LogP contribution in [0.2, 0.25) is 10.0 Å². The minimum Gasteiger partial charge on any atom is -0.481 e. The number of alkyl halides is 2. The summed E-state index contributed by atoms with van der Waals surface area (Å²) >= 11 is 14.0. The van der Waals surface area contributed by atoms with Crippen LogP contribution in [0.1, 0.15) is 55.6 Å². The maximum absolute atomic E-state index is 14.6. The summed E-state index contributed by atoms with van der Waals surface area (Å²) in [5.74, 6) is -4.09. The molecular formula is C26H28Cl2F2N4O4S. The molecule has 0 aliphatic carbocycles. The summed E-state index contributed by atoms with van der Waals surface area (Å²) in [6, 6.07) is 3.48. The van der Waals surface area contributed by atoms with Crippen LogP contribution in [0.5, 0.6) is 0 Å². The number of esters is 1. The second-order valence-corrected chi connectivity index (χ2v) is 11.1. The number of carboxylic acid groups (broad SMARTS) is 1. The van der Waals surface area contributed by atoms with Gasteiger partial charge in [-0.05, 0) is 31.9 Å². The number of halogens is 4. The van der Waals surface area contributed by atoms with Gasteiger partial charge < -0.3 is 15.2 Å². The summed E-state index contributed by atoms with van der Waals surface area (Å²) in [6.07, 6.45) is 2.56. The van der Waals surface area contributed by atoms with Crippen molar-refractivity contribution in [3.05, 3.63) is 61.7 Å². The van der Waals surface area contributed by atoms with E-state index in [1.54, 1.807) is 41.6 Å². The number of aromatic nitrogens is 1. The summed E-state index contributed by atoms with van der Waals surface area (Å²) in [4.78, 5) is 34.9. The quantitative estimate of drug-likeness (QED) is 0.251. The van der Waals surface area contributed by atoms with E-state index >= 15 is 0 Å². The van der Waals surface area contributed by atoms with E-state index in [1.807, 2.05) is 0 Å². The van der Waals surface area contributed by atoms with Crippen molar-refractivity contribution in [3.63, 3.8) is 0 Å². The fraction of sp³-hybridized carbons (Fsp3) is 0.462. The number of hydrogen-bond donors (Lipinski definition) is 2. The van der Waals surface area contributed by atoms with Gasteiger partial charge in [-0.1, -0.05) is 35.7 Å². The van der Waals surface area contributed by atoms with Crippen LogP contribution in [0.25, 0.3) is 0 Å². The number of aliphatic carboxylic acids is 1. The molecule has 0 saturated carbocycles. The Morgan fingerprint density at radius 2 is 2.10 bits per heavy atom. The van der Waals surface area contributed by atoms with Gasteiger partial charge in [0.05, 0.1) is 18.7 Å². The van der Waals surface area contributed by atoms with Gasteiger partial charge in [-0.15, -0.1) is 11.3 Å². The molecule has 3 heterocycles. The fourth-order valence-corrected chi connectivity index (χ4v) is 5.96. The molecule has 2 atom stereocenters. The van der Waals surface area contributed by atoms with Gasteiger partial charge in [0.25, 0.3) is 5.92 Å². The van der Waals surface area contributed by atoms with Crippen LogP contribution in [0.4, 0.5) is 8.78 Å². The molecule has 0 amide bonds. The number of aliphatic imine (C=N–C) groups is 1. The average molecular weight is 602 g/mol. The van der Waals surface area contributed by atoms with Gasteiger partial charge in [0.1, 0.15) is 6.04 Å². The van der Waals surface area contributed by atoms with E-state index in [1.165, 1.54) is 11.3 Å². The minimum atomic E-state index is -2.91. The zero-order valence-corrected chi connectivity index (χ0v) is 23.5. The lowest BCUT2D eigenvalue weighted by Crippen LogP contribution is -2.41. The first-order valence-electron chi connectivity index (χ1n) is 12.5. The molecule has 2 N–H and O–H groups in total. The summed E-state index contributed by atoms with van der Waals surface area (Å²) in [6.45, 7) is 1.29. The van der Waals surface area contributed by atoms with Crippen molar-refractivity contribution < 1.29 is 28.2 Å². The second-order valence-electron chi connectivity index (χ2n) is 9.38. The smallest absolute Gasteiger partial charge is 0.338 e. The van der Waals surface area contributed by atoms with Gasteiger partial charge in [0.15, 0.2) is 10.8 Å². The summed E-state index contributed by atoms with van der Waals surface area (Å²) in [5.41, 5.74) is 1.05. The number of rotatable bonds is 11. The molecule has 2 aromatic rings. The van der Waals surface area contributed by atoms with Crippen molar-refractivity contribution in [1.82, 2.24) is 15.2 Å². The summed E-state index contributed by atoms with van der Waals surface area (Å²) in [5, 5.41) is 15.1. The van der Waals surface area contributed by atoms with Gasteiger partial charge in [0.2, 0.25) is 0 Å². The highest BCUT2D eigenvalue weighted by molar-refractivity contribution is 7.11. The lowest BCUT2D eigenvalue weighted by molar-refractivity contribution is -0.139. The number of likely N-dealkylation sites (tertiary alicyclic amines) is 1. The van der Waals surface area contributed by atoms with Gasteiger partial charge in [0, 0.05) is 58.3 Å². The highest BCUT2D eigenvalue weighted by Gasteiger charge is 2.45. The van der Waals surface area contributed by atoms with Gasteiger partial charge in [-0.25, -0.2) is 18.6 Å². The molecule has 0 spiro atoms. The Balaban J connectivity index is 1.73. The lowest BCUT2D eigenvalue weighted by Gasteiger charge is -2.31. The summed E-state index contributed by atoms with van der Waals surface area (Å²) in [7, 11) is 0. The molecule has 1 aromatic carbocycles. The maximum atomic E-state index is 14.6. The number of carbonyl (C=O) groups excluding carboxylic acids is 1. The van der Waals surface area contributed by atoms with Crippen molar-refractivity contribution in [2.24, 2.45) is 4.99 Å². The van der Waals surface area contributed by atoms with Crippen molar-refractivity contribution in [1.29, 1.82) is 0 Å².